The number of piperidine rings is 1. The number of rotatable bonds is 5. The Morgan fingerprint density at radius 1 is 0.972 bits per heavy atom. The first-order valence-corrected chi connectivity index (χ1v) is 11.9. The van der Waals surface area contributed by atoms with Crippen LogP contribution in [-0.2, 0) is 6.18 Å². The van der Waals surface area contributed by atoms with E-state index in [0.29, 0.717) is 31.5 Å². The number of aromatic nitrogens is 1. The molecule has 2 heterocycles. The summed E-state index contributed by atoms with van der Waals surface area (Å²) in [6.45, 7) is 4.67. The van der Waals surface area contributed by atoms with E-state index in [1.54, 1.807) is 11.0 Å². The number of nitrogens with zero attached hydrogens (tertiary/aromatic N) is 2. The molecule has 0 saturated carbocycles. The standard InChI is InChI=1S/C28H28F3N3O2/c1-18-8-13-24(26(35)33-19(2)20-6-4-3-5-7-20)25(32-18)21-14-16-34(17-15-21)27(36)22-9-11-23(12-10-22)28(29,30)31/h3-13,19,21H,14-17H2,1-2H3,(H,33,35). The molecule has 188 valence electrons. The van der Waals surface area contributed by atoms with Crippen molar-refractivity contribution < 1.29 is 22.8 Å². The second kappa shape index (κ2) is 10.5. The fourth-order valence-corrected chi connectivity index (χ4v) is 4.52. The molecule has 4 rings (SSSR count). The molecule has 0 bridgehead atoms. The van der Waals surface area contributed by atoms with Gasteiger partial charge < -0.3 is 10.2 Å². The van der Waals surface area contributed by atoms with E-state index in [1.165, 1.54) is 12.1 Å². The van der Waals surface area contributed by atoms with Gasteiger partial charge in [-0.15, -0.1) is 0 Å². The molecule has 8 heteroatoms. The number of carbonyl (C=O) groups is 2. The molecule has 1 aliphatic rings. The summed E-state index contributed by atoms with van der Waals surface area (Å²) in [6, 6.07) is 17.4. The third-order valence-electron chi connectivity index (χ3n) is 6.58. The number of halogens is 3. The van der Waals surface area contributed by atoms with Crippen LogP contribution in [0, 0.1) is 6.92 Å². The summed E-state index contributed by atoms with van der Waals surface area (Å²) in [4.78, 5) is 32.3. The van der Waals surface area contributed by atoms with Crippen molar-refractivity contribution in [2.24, 2.45) is 0 Å². The van der Waals surface area contributed by atoms with Crippen LogP contribution in [-0.4, -0.2) is 34.8 Å². The largest absolute Gasteiger partial charge is 0.416 e. The van der Waals surface area contributed by atoms with Gasteiger partial charge in [-0.2, -0.15) is 13.2 Å². The summed E-state index contributed by atoms with van der Waals surface area (Å²) >= 11 is 0. The minimum absolute atomic E-state index is 0.00524. The first-order valence-electron chi connectivity index (χ1n) is 11.9. The van der Waals surface area contributed by atoms with E-state index >= 15 is 0 Å². The lowest BCUT2D eigenvalue weighted by Crippen LogP contribution is -2.38. The van der Waals surface area contributed by atoms with Crippen molar-refractivity contribution in [1.82, 2.24) is 15.2 Å². The van der Waals surface area contributed by atoms with Gasteiger partial charge in [0.25, 0.3) is 11.8 Å². The molecule has 0 radical (unpaired) electrons. The fourth-order valence-electron chi connectivity index (χ4n) is 4.52. The van der Waals surface area contributed by atoms with Gasteiger partial charge in [0.2, 0.25) is 0 Å². The third kappa shape index (κ3) is 5.75. The number of benzene rings is 2. The number of aryl methyl sites for hydroxylation is 1. The van der Waals surface area contributed by atoms with E-state index in [-0.39, 0.29) is 29.3 Å². The Morgan fingerprint density at radius 2 is 1.61 bits per heavy atom. The maximum absolute atomic E-state index is 13.2. The van der Waals surface area contributed by atoms with Crippen molar-refractivity contribution >= 4 is 11.8 Å². The van der Waals surface area contributed by atoms with E-state index in [0.717, 1.165) is 29.1 Å². The average Bonchev–Trinajstić information content (AvgIpc) is 2.88. The van der Waals surface area contributed by atoms with Gasteiger partial charge in [0, 0.05) is 30.3 Å². The maximum Gasteiger partial charge on any atom is 0.416 e. The van der Waals surface area contributed by atoms with Crippen LogP contribution in [0.15, 0.2) is 66.7 Å². The lowest BCUT2D eigenvalue weighted by atomic mass is 9.89. The van der Waals surface area contributed by atoms with Crippen LogP contribution in [0.5, 0.6) is 0 Å². The summed E-state index contributed by atoms with van der Waals surface area (Å²) in [5.74, 6) is -0.500. The molecular weight excluding hydrogens is 467 g/mol. The van der Waals surface area contributed by atoms with Gasteiger partial charge in [0.15, 0.2) is 0 Å². The number of carbonyl (C=O) groups excluding carboxylic acids is 2. The highest BCUT2D eigenvalue weighted by molar-refractivity contribution is 5.96. The molecule has 3 aromatic rings. The van der Waals surface area contributed by atoms with Gasteiger partial charge in [0.05, 0.1) is 22.9 Å². The Labute approximate surface area is 208 Å². The molecule has 1 atom stereocenters. The Balaban J connectivity index is 1.44. The smallest absolute Gasteiger partial charge is 0.345 e. The Bertz CT molecular complexity index is 1220. The minimum Gasteiger partial charge on any atom is -0.345 e. The predicted molar refractivity (Wildman–Crippen MR) is 131 cm³/mol. The highest BCUT2D eigenvalue weighted by Gasteiger charge is 2.32. The molecule has 36 heavy (non-hydrogen) atoms. The Morgan fingerprint density at radius 3 is 2.22 bits per heavy atom. The lowest BCUT2D eigenvalue weighted by Gasteiger charge is -2.32. The van der Waals surface area contributed by atoms with Crippen molar-refractivity contribution in [3.8, 4) is 0 Å². The Hall–Kier alpha value is -3.68. The zero-order valence-corrected chi connectivity index (χ0v) is 20.2. The lowest BCUT2D eigenvalue weighted by molar-refractivity contribution is -0.137. The molecular formula is C28H28F3N3O2. The topological polar surface area (TPSA) is 62.3 Å². The zero-order valence-electron chi connectivity index (χ0n) is 20.2. The van der Waals surface area contributed by atoms with E-state index in [9.17, 15) is 22.8 Å². The average molecular weight is 496 g/mol. The van der Waals surface area contributed by atoms with Gasteiger partial charge >= 0.3 is 6.18 Å². The molecule has 0 spiro atoms. The molecule has 1 saturated heterocycles. The molecule has 1 aliphatic heterocycles. The molecule has 0 aliphatic carbocycles. The molecule has 1 aromatic heterocycles. The highest BCUT2D eigenvalue weighted by atomic mass is 19.4. The van der Waals surface area contributed by atoms with Crippen LogP contribution in [0.25, 0.3) is 0 Å². The molecule has 2 aromatic carbocycles. The Kier molecular flexibility index (Phi) is 7.43. The third-order valence-corrected chi connectivity index (χ3v) is 6.58. The van der Waals surface area contributed by atoms with E-state index in [1.807, 2.05) is 50.2 Å². The number of alkyl halides is 3. The SMILES string of the molecule is Cc1ccc(C(=O)NC(C)c2ccccc2)c(C2CCN(C(=O)c3ccc(C(F)(F)F)cc3)CC2)n1. The number of likely N-dealkylation sites (tertiary alicyclic amines) is 1. The van der Waals surface area contributed by atoms with Crippen LogP contribution in [0.1, 0.15) is 75.0 Å². The molecule has 1 unspecified atom stereocenters. The predicted octanol–water partition coefficient (Wildman–Crippen LogP) is 5.92. The number of pyridine rings is 1. The fraction of sp³-hybridized carbons (Fsp3) is 0.321. The maximum atomic E-state index is 13.2. The monoisotopic (exact) mass is 495 g/mol. The van der Waals surface area contributed by atoms with Crippen molar-refractivity contribution in [2.75, 3.05) is 13.1 Å². The van der Waals surface area contributed by atoms with Crippen molar-refractivity contribution in [1.29, 1.82) is 0 Å². The van der Waals surface area contributed by atoms with E-state index < -0.39 is 11.7 Å². The molecule has 1 N–H and O–H groups in total. The summed E-state index contributed by atoms with van der Waals surface area (Å²) in [6.07, 6.45) is -3.22. The molecule has 1 fully saturated rings. The number of hydrogen-bond donors (Lipinski definition) is 1. The van der Waals surface area contributed by atoms with E-state index in [4.69, 9.17) is 0 Å². The van der Waals surface area contributed by atoms with Crippen LogP contribution < -0.4 is 5.32 Å². The highest BCUT2D eigenvalue weighted by Crippen LogP contribution is 2.32. The number of amides is 2. The van der Waals surface area contributed by atoms with Gasteiger partial charge in [-0.1, -0.05) is 30.3 Å². The first-order chi connectivity index (χ1) is 17.1. The van der Waals surface area contributed by atoms with Crippen molar-refractivity contribution in [2.45, 2.75) is 44.8 Å². The zero-order chi connectivity index (χ0) is 25.9. The van der Waals surface area contributed by atoms with Gasteiger partial charge in [-0.25, -0.2) is 0 Å². The van der Waals surface area contributed by atoms with Gasteiger partial charge in [0.1, 0.15) is 0 Å². The quantitative estimate of drug-likeness (QED) is 0.478. The molecule has 5 nitrogen and oxygen atoms in total. The summed E-state index contributed by atoms with van der Waals surface area (Å²) < 4.78 is 38.5. The van der Waals surface area contributed by atoms with Crippen molar-refractivity contribution in [3.05, 3.63) is 100 Å². The van der Waals surface area contributed by atoms with Crippen LogP contribution in [0.4, 0.5) is 13.2 Å². The summed E-state index contributed by atoms with van der Waals surface area (Å²) in [5, 5.41) is 3.05. The van der Waals surface area contributed by atoms with Crippen molar-refractivity contribution in [3.63, 3.8) is 0 Å². The minimum atomic E-state index is -4.44. The summed E-state index contributed by atoms with van der Waals surface area (Å²) in [5.41, 5.74) is 2.49. The van der Waals surface area contributed by atoms with Gasteiger partial charge in [-0.05, 0) is 68.7 Å². The van der Waals surface area contributed by atoms with Gasteiger partial charge in [-0.3, -0.25) is 14.6 Å². The first kappa shape index (κ1) is 25.4. The normalized spacial score (nSPS) is 15.4. The molecule has 2 amide bonds. The second-order valence-electron chi connectivity index (χ2n) is 9.13. The summed E-state index contributed by atoms with van der Waals surface area (Å²) in [7, 11) is 0. The second-order valence-corrected chi connectivity index (χ2v) is 9.13. The van der Waals surface area contributed by atoms with E-state index in [2.05, 4.69) is 10.3 Å². The van der Waals surface area contributed by atoms with Crippen LogP contribution in [0.2, 0.25) is 0 Å². The number of hydrogen-bond acceptors (Lipinski definition) is 3. The van der Waals surface area contributed by atoms with Crippen LogP contribution in [0.3, 0.4) is 0 Å². The van der Waals surface area contributed by atoms with Crippen LogP contribution >= 0.6 is 0 Å². The number of nitrogens with one attached hydrogen (secondary N) is 1.